The molecule has 3 fully saturated rings. The van der Waals surface area contributed by atoms with Gasteiger partial charge in [0.25, 0.3) is 0 Å². The van der Waals surface area contributed by atoms with Gasteiger partial charge < -0.3 is 16.0 Å². The Labute approximate surface area is 218 Å². The van der Waals surface area contributed by atoms with Crippen molar-refractivity contribution in [3.05, 3.63) is 36.0 Å². The van der Waals surface area contributed by atoms with E-state index >= 15 is 0 Å². The van der Waals surface area contributed by atoms with Gasteiger partial charge in [-0.1, -0.05) is 6.07 Å². The number of hydrogen-bond donors (Lipinski definition) is 2. The fourth-order valence-electron chi connectivity index (χ4n) is 5.64. The highest BCUT2D eigenvalue weighted by Crippen LogP contribution is 2.45. The van der Waals surface area contributed by atoms with E-state index in [-0.39, 0.29) is 17.3 Å². The number of nitrogens with two attached hydrogens (primary N) is 1. The van der Waals surface area contributed by atoms with Crippen LogP contribution in [0.5, 0.6) is 0 Å². The van der Waals surface area contributed by atoms with E-state index in [2.05, 4.69) is 20.3 Å². The molecule has 3 N–H and O–H groups in total. The Morgan fingerprint density at radius 3 is 2.47 bits per heavy atom. The summed E-state index contributed by atoms with van der Waals surface area (Å²) in [4.78, 5) is 11.6. The van der Waals surface area contributed by atoms with Gasteiger partial charge in [-0.15, -0.1) is 0 Å². The minimum absolute atomic E-state index is 0.0471. The summed E-state index contributed by atoms with van der Waals surface area (Å²) in [5.74, 6) is 1.43. The maximum Gasteiger partial charge on any atom is 0.416 e. The monoisotopic (exact) mass is 549 g/mol. The molecule has 3 aromatic rings. The Kier molecular flexibility index (Phi) is 5.87. The van der Waals surface area contributed by atoms with Gasteiger partial charge in [-0.25, -0.2) is 13.1 Å². The third kappa shape index (κ3) is 4.70. The molecule has 0 unspecified atom stereocenters. The minimum Gasteiger partial charge on any atom is -0.356 e. The summed E-state index contributed by atoms with van der Waals surface area (Å²) in [5.41, 5.74) is 6.26. The number of rotatable bonds is 6. The van der Waals surface area contributed by atoms with Crippen LogP contribution in [0.1, 0.15) is 44.1 Å². The zero-order chi connectivity index (χ0) is 26.9. The van der Waals surface area contributed by atoms with E-state index in [0.29, 0.717) is 41.6 Å². The Morgan fingerprint density at radius 1 is 1.13 bits per heavy atom. The zero-order valence-electron chi connectivity index (χ0n) is 20.9. The summed E-state index contributed by atoms with van der Waals surface area (Å²) < 4.78 is 65.3. The number of halogens is 3. The van der Waals surface area contributed by atoms with Gasteiger partial charge in [0.15, 0.2) is 5.65 Å². The average Bonchev–Trinajstić information content (AvgIpc) is 3.45. The molecule has 1 saturated heterocycles. The SMILES string of the molecule is CS(=O)(=O)[C@H]1C[C@H](Nc2nc(N3CCC(C4(N)CC4)CC3)c3cnn(-c4cccc(C(F)(F)F)c4)c3n2)C1. The molecule has 3 aliphatic rings. The van der Waals surface area contributed by atoms with E-state index in [1.807, 2.05) is 0 Å². The van der Waals surface area contributed by atoms with Crippen molar-refractivity contribution in [2.45, 2.75) is 61.5 Å². The first kappa shape index (κ1) is 25.4. The van der Waals surface area contributed by atoms with Crippen molar-refractivity contribution in [2.24, 2.45) is 11.7 Å². The van der Waals surface area contributed by atoms with E-state index < -0.39 is 26.8 Å². The number of fused-ring (bicyclic) bond motifs is 1. The Bertz CT molecular complexity index is 1470. The molecule has 0 bridgehead atoms. The third-order valence-electron chi connectivity index (χ3n) is 8.29. The van der Waals surface area contributed by atoms with Crippen LogP contribution < -0.4 is 16.0 Å². The predicted octanol–water partition coefficient (Wildman–Crippen LogP) is 3.53. The lowest BCUT2D eigenvalue weighted by Gasteiger charge is -2.36. The predicted molar refractivity (Wildman–Crippen MR) is 138 cm³/mol. The Morgan fingerprint density at radius 2 is 1.84 bits per heavy atom. The molecule has 0 amide bonds. The quantitative estimate of drug-likeness (QED) is 0.480. The second kappa shape index (κ2) is 8.80. The number of benzene rings is 1. The van der Waals surface area contributed by atoms with Crippen LogP contribution in [-0.4, -0.2) is 64.3 Å². The highest BCUT2D eigenvalue weighted by Gasteiger charge is 2.46. The van der Waals surface area contributed by atoms with E-state index in [1.54, 1.807) is 12.3 Å². The molecular weight excluding hydrogens is 519 g/mol. The number of aromatic nitrogens is 4. The van der Waals surface area contributed by atoms with Crippen molar-refractivity contribution in [2.75, 3.05) is 29.6 Å². The van der Waals surface area contributed by atoms with Crippen LogP contribution >= 0.6 is 0 Å². The standard InChI is InChI=1S/C25H30F3N7O2S/c1-38(36,37)19-12-17(13-19)31-23-32-21(34-9-5-15(6-10-34)24(29)7-8-24)20-14-30-35(22(20)33-23)18-4-2-3-16(11-18)25(26,27)28/h2-4,11,14-15,17,19H,5-10,12-13,29H2,1H3,(H,31,32,33)/t17-,19-. The summed E-state index contributed by atoms with van der Waals surface area (Å²) in [5, 5.41) is 7.89. The van der Waals surface area contributed by atoms with E-state index in [1.165, 1.54) is 17.0 Å². The van der Waals surface area contributed by atoms with Crippen LogP contribution in [0.3, 0.4) is 0 Å². The molecule has 1 aliphatic heterocycles. The fraction of sp³-hybridized carbons (Fsp3) is 0.560. The van der Waals surface area contributed by atoms with Gasteiger partial charge in [-0.05, 0) is 62.6 Å². The maximum atomic E-state index is 13.4. The molecule has 2 saturated carbocycles. The number of nitrogens with one attached hydrogen (secondary N) is 1. The van der Waals surface area contributed by atoms with Crippen LogP contribution in [0.25, 0.3) is 16.7 Å². The van der Waals surface area contributed by atoms with Crippen molar-refractivity contribution >= 4 is 32.6 Å². The molecule has 3 heterocycles. The van der Waals surface area contributed by atoms with Crippen LogP contribution in [0, 0.1) is 5.92 Å². The first-order chi connectivity index (χ1) is 17.9. The summed E-state index contributed by atoms with van der Waals surface area (Å²) >= 11 is 0. The third-order valence-corrected chi connectivity index (χ3v) is 9.89. The highest BCUT2D eigenvalue weighted by atomic mass is 32.2. The first-order valence-corrected chi connectivity index (χ1v) is 14.8. The molecule has 9 nitrogen and oxygen atoms in total. The molecule has 1 aromatic carbocycles. The van der Waals surface area contributed by atoms with Gasteiger partial charge >= 0.3 is 6.18 Å². The Balaban J connectivity index is 1.35. The van der Waals surface area contributed by atoms with Crippen molar-refractivity contribution in [3.63, 3.8) is 0 Å². The molecule has 204 valence electrons. The highest BCUT2D eigenvalue weighted by molar-refractivity contribution is 7.91. The van der Waals surface area contributed by atoms with Crippen LogP contribution in [0.4, 0.5) is 24.9 Å². The van der Waals surface area contributed by atoms with Crippen molar-refractivity contribution in [1.82, 2.24) is 19.7 Å². The zero-order valence-corrected chi connectivity index (χ0v) is 21.8. The van der Waals surface area contributed by atoms with E-state index in [0.717, 1.165) is 50.9 Å². The number of sulfone groups is 1. The lowest BCUT2D eigenvalue weighted by molar-refractivity contribution is -0.137. The molecule has 0 spiro atoms. The van der Waals surface area contributed by atoms with Crippen molar-refractivity contribution in [3.8, 4) is 5.69 Å². The van der Waals surface area contributed by atoms with Gasteiger partial charge in [-0.2, -0.15) is 28.2 Å². The average molecular weight is 550 g/mol. The number of hydrogen-bond acceptors (Lipinski definition) is 8. The molecule has 38 heavy (non-hydrogen) atoms. The minimum atomic E-state index is -4.49. The smallest absolute Gasteiger partial charge is 0.356 e. The van der Waals surface area contributed by atoms with Gasteiger partial charge in [0.2, 0.25) is 5.95 Å². The Hall–Kier alpha value is -2.93. The fourth-order valence-corrected chi connectivity index (χ4v) is 6.80. The van der Waals surface area contributed by atoms with Gasteiger partial charge in [0.1, 0.15) is 15.7 Å². The largest absolute Gasteiger partial charge is 0.416 e. The second-order valence-corrected chi connectivity index (χ2v) is 13.3. The number of alkyl halides is 3. The molecule has 6 rings (SSSR count). The number of piperidine rings is 1. The maximum absolute atomic E-state index is 13.4. The molecule has 2 aromatic heterocycles. The normalized spacial score (nSPS) is 23.9. The molecular formula is C25H30F3N7O2S. The summed E-state index contributed by atoms with van der Waals surface area (Å²) in [6.45, 7) is 1.51. The van der Waals surface area contributed by atoms with Gasteiger partial charge in [-0.3, -0.25) is 0 Å². The molecule has 2 aliphatic carbocycles. The second-order valence-electron chi connectivity index (χ2n) is 11.0. The summed E-state index contributed by atoms with van der Waals surface area (Å²) in [7, 11) is -3.12. The molecule has 13 heteroatoms. The first-order valence-electron chi connectivity index (χ1n) is 12.8. The van der Waals surface area contributed by atoms with E-state index in [9.17, 15) is 21.6 Å². The van der Waals surface area contributed by atoms with E-state index in [4.69, 9.17) is 10.7 Å². The summed E-state index contributed by atoms with van der Waals surface area (Å²) in [6.07, 6.45) is 3.23. The van der Waals surface area contributed by atoms with Crippen LogP contribution in [0.2, 0.25) is 0 Å². The topological polar surface area (TPSA) is 119 Å². The van der Waals surface area contributed by atoms with Gasteiger partial charge in [0.05, 0.1) is 28.1 Å². The number of nitrogens with zero attached hydrogens (tertiary/aromatic N) is 5. The molecule has 0 radical (unpaired) electrons. The van der Waals surface area contributed by atoms with Crippen LogP contribution in [0.15, 0.2) is 30.5 Å². The van der Waals surface area contributed by atoms with Crippen molar-refractivity contribution < 1.29 is 21.6 Å². The van der Waals surface area contributed by atoms with Crippen LogP contribution in [-0.2, 0) is 16.0 Å². The lowest BCUT2D eigenvalue weighted by atomic mass is 9.88. The number of anilines is 2. The van der Waals surface area contributed by atoms with Gasteiger partial charge in [0, 0.05) is 30.9 Å². The molecule has 0 atom stereocenters. The lowest BCUT2D eigenvalue weighted by Crippen LogP contribution is -2.44. The summed E-state index contributed by atoms with van der Waals surface area (Å²) in [6, 6.07) is 4.86. The van der Waals surface area contributed by atoms with Crippen molar-refractivity contribution in [1.29, 1.82) is 0 Å².